The molecule has 5 heteroatoms. The number of fused-ring (bicyclic) bond motifs is 5. The molecule has 4 atom stereocenters. The lowest BCUT2D eigenvalue weighted by molar-refractivity contribution is -0.140. The molecule has 0 radical (unpaired) electrons. The summed E-state index contributed by atoms with van der Waals surface area (Å²) in [5, 5.41) is 5.20. The average molecular weight is 345 g/mol. The first kappa shape index (κ1) is 13.0. The van der Waals surface area contributed by atoms with Crippen molar-refractivity contribution in [3.63, 3.8) is 0 Å². The third-order valence-electron chi connectivity index (χ3n) is 4.64. The molecule has 3 aliphatic rings. The van der Waals surface area contributed by atoms with Crippen LogP contribution in [0.2, 0.25) is 0 Å². The van der Waals surface area contributed by atoms with Gasteiger partial charge >= 0.3 is 0 Å². The first-order valence-electron chi connectivity index (χ1n) is 7.01. The molecule has 2 fully saturated rings. The Balaban J connectivity index is 1.58. The highest BCUT2D eigenvalue weighted by Crippen LogP contribution is 2.52. The molecular weight excluding hydrogens is 332 g/mol. The minimum Gasteiger partial charge on any atom is -0.272 e. The Bertz CT molecular complexity index is 650. The van der Waals surface area contributed by atoms with Crippen molar-refractivity contribution in [3.05, 3.63) is 46.5 Å². The van der Waals surface area contributed by atoms with E-state index < -0.39 is 0 Å². The maximum atomic E-state index is 12.4. The van der Waals surface area contributed by atoms with Gasteiger partial charge in [-0.15, -0.1) is 0 Å². The fraction of sp³-hybridized carbons (Fsp3) is 0.312. The number of carbonyl (C=O) groups is 2. The molecule has 21 heavy (non-hydrogen) atoms. The average Bonchev–Trinajstić information content (AvgIpc) is 3.14. The van der Waals surface area contributed by atoms with Gasteiger partial charge in [-0.25, -0.2) is 0 Å². The summed E-state index contributed by atoms with van der Waals surface area (Å²) in [6.07, 6.45) is 6.67. The molecule has 1 saturated carbocycles. The van der Waals surface area contributed by atoms with E-state index in [1.165, 1.54) is 0 Å². The Kier molecular flexibility index (Phi) is 2.85. The zero-order valence-corrected chi connectivity index (χ0v) is 12.7. The molecule has 1 aromatic rings. The van der Waals surface area contributed by atoms with Crippen molar-refractivity contribution in [2.45, 2.75) is 6.42 Å². The second-order valence-corrected chi connectivity index (χ2v) is 6.70. The number of allylic oxidation sites excluding steroid dienone is 2. The van der Waals surface area contributed by atoms with Crippen molar-refractivity contribution in [1.82, 2.24) is 5.01 Å². The summed E-state index contributed by atoms with van der Waals surface area (Å²) in [7, 11) is 0. The largest absolute Gasteiger partial charge is 0.272 e. The number of carbonyl (C=O) groups excluding carboxylic acids is 2. The van der Waals surface area contributed by atoms with Crippen LogP contribution in [0, 0.1) is 23.7 Å². The van der Waals surface area contributed by atoms with Crippen LogP contribution in [0.25, 0.3) is 0 Å². The molecular formula is C16H13BrN2O2. The molecule has 1 aliphatic heterocycles. The topological polar surface area (TPSA) is 49.7 Å². The van der Waals surface area contributed by atoms with Gasteiger partial charge in [-0.05, 0) is 36.0 Å². The summed E-state index contributed by atoms with van der Waals surface area (Å²) in [5.74, 6) is -0.205. The number of amides is 2. The van der Waals surface area contributed by atoms with Gasteiger partial charge in [-0.3, -0.25) is 9.59 Å². The van der Waals surface area contributed by atoms with Crippen LogP contribution in [-0.2, 0) is 9.59 Å². The van der Waals surface area contributed by atoms with Crippen LogP contribution in [0.3, 0.4) is 0 Å². The third kappa shape index (κ3) is 1.91. The highest BCUT2D eigenvalue weighted by Gasteiger charge is 2.59. The second-order valence-electron chi connectivity index (χ2n) is 5.78. The van der Waals surface area contributed by atoms with Crippen LogP contribution in [-0.4, -0.2) is 23.0 Å². The Hall–Kier alpha value is -1.75. The summed E-state index contributed by atoms with van der Waals surface area (Å²) in [4.78, 5) is 24.8. The summed E-state index contributed by atoms with van der Waals surface area (Å²) < 4.78 is 0.977. The molecule has 1 heterocycles. The highest BCUT2D eigenvalue weighted by molar-refractivity contribution is 9.10. The fourth-order valence-electron chi connectivity index (χ4n) is 3.67. The van der Waals surface area contributed by atoms with E-state index in [1.54, 1.807) is 6.21 Å². The van der Waals surface area contributed by atoms with Crippen molar-refractivity contribution < 1.29 is 9.59 Å². The summed E-state index contributed by atoms with van der Waals surface area (Å²) in [6, 6.07) is 7.55. The first-order chi connectivity index (χ1) is 10.1. The van der Waals surface area contributed by atoms with Gasteiger partial charge in [0.2, 0.25) is 0 Å². The predicted molar refractivity (Wildman–Crippen MR) is 81.3 cm³/mol. The van der Waals surface area contributed by atoms with Gasteiger partial charge in [0.05, 0.1) is 18.1 Å². The molecule has 0 spiro atoms. The maximum absolute atomic E-state index is 12.4. The van der Waals surface area contributed by atoms with Gasteiger partial charge in [0.25, 0.3) is 11.8 Å². The summed E-state index contributed by atoms with van der Waals surface area (Å²) >= 11 is 3.36. The van der Waals surface area contributed by atoms with Gasteiger partial charge in [0, 0.05) is 4.47 Å². The van der Waals surface area contributed by atoms with E-state index >= 15 is 0 Å². The van der Waals surface area contributed by atoms with Crippen molar-refractivity contribution in [2.75, 3.05) is 0 Å². The van der Waals surface area contributed by atoms with Gasteiger partial charge in [-0.2, -0.15) is 10.1 Å². The molecule has 2 amide bonds. The fourth-order valence-corrected chi connectivity index (χ4v) is 3.94. The van der Waals surface area contributed by atoms with Crippen LogP contribution in [0.5, 0.6) is 0 Å². The quantitative estimate of drug-likeness (QED) is 0.470. The molecule has 2 bridgehead atoms. The maximum Gasteiger partial charge on any atom is 0.254 e. The SMILES string of the molecule is O=C1[C@@H]2[C@@H](C(=O)N1/N=C\c1ccc(Br)cc1)[C@H]1C=C[C@H]2C1. The zero-order chi connectivity index (χ0) is 14.6. The number of imide groups is 1. The van der Waals surface area contributed by atoms with Crippen LogP contribution in [0.1, 0.15) is 12.0 Å². The number of benzene rings is 1. The van der Waals surface area contributed by atoms with E-state index in [0.717, 1.165) is 21.5 Å². The van der Waals surface area contributed by atoms with Crippen LogP contribution >= 0.6 is 15.9 Å². The normalized spacial score (nSPS) is 33.5. The predicted octanol–water partition coefficient (Wildman–Crippen LogP) is 2.59. The number of rotatable bonds is 2. The van der Waals surface area contributed by atoms with Gasteiger partial charge in [-0.1, -0.05) is 40.2 Å². The molecule has 4 rings (SSSR count). The first-order valence-corrected chi connectivity index (χ1v) is 7.80. The minimum absolute atomic E-state index is 0.143. The highest BCUT2D eigenvalue weighted by atomic mass is 79.9. The Labute approximate surface area is 130 Å². The number of hydrogen-bond donors (Lipinski definition) is 0. The molecule has 0 unspecified atom stereocenters. The van der Waals surface area contributed by atoms with E-state index in [-0.39, 0.29) is 35.5 Å². The molecule has 1 aromatic carbocycles. The molecule has 106 valence electrons. The standard InChI is InChI=1S/C16H13BrN2O2/c17-12-5-1-9(2-6-12)8-18-19-15(20)13-10-3-4-11(7-10)14(13)16(19)21/h1-6,8,10-11,13-14H,7H2/b18-8-/t10-,11-,13-,14-/m0/s1. The van der Waals surface area contributed by atoms with E-state index in [1.807, 2.05) is 24.3 Å². The van der Waals surface area contributed by atoms with E-state index in [9.17, 15) is 9.59 Å². The van der Waals surface area contributed by atoms with Crippen molar-refractivity contribution in [1.29, 1.82) is 0 Å². The molecule has 2 aliphatic carbocycles. The number of hydrazone groups is 1. The minimum atomic E-state index is -0.186. The summed E-state index contributed by atoms with van der Waals surface area (Å²) in [6.45, 7) is 0. The van der Waals surface area contributed by atoms with Crippen molar-refractivity contribution in [3.8, 4) is 0 Å². The molecule has 4 nitrogen and oxygen atoms in total. The lowest BCUT2D eigenvalue weighted by Gasteiger charge is -2.13. The van der Waals surface area contributed by atoms with Gasteiger partial charge in [0.15, 0.2) is 0 Å². The van der Waals surface area contributed by atoms with E-state index in [0.29, 0.717) is 0 Å². The number of hydrogen-bond acceptors (Lipinski definition) is 3. The zero-order valence-electron chi connectivity index (χ0n) is 11.1. The number of halogens is 1. The molecule has 0 N–H and O–H groups in total. The van der Waals surface area contributed by atoms with Crippen molar-refractivity contribution in [2.24, 2.45) is 28.8 Å². The lowest BCUT2D eigenvalue weighted by atomic mass is 9.85. The second kappa shape index (κ2) is 4.63. The Morgan fingerprint density at radius 2 is 1.62 bits per heavy atom. The Morgan fingerprint density at radius 1 is 1.05 bits per heavy atom. The monoisotopic (exact) mass is 344 g/mol. The van der Waals surface area contributed by atoms with E-state index in [4.69, 9.17) is 0 Å². The summed E-state index contributed by atoms with van der Waals surface area (Å²) in [5.41, 5.74) is 0.858. The van der Waals surface area contributed by atoms with Gasteiger partial charge < -0.3 is 0 Å². The van der Waals surface area contributed by atoms with Crippen LogP contribution in [0.15, 0.2) is 46.0 Å². The lowest BCUT2D eigenvalue weighted by Crippen LogP contribution is -2.28. The van der Waals surface area contributed by atoms with Crippen LogP contribution in [0.4, 0.5) is 0 Å². The van der Waals surface area contributed by atoms with Crippen molar-refractivity contribution >= 4 is 34.0 Å². The van der Waals surface area contributed by atoms with Crippen LogP contribution < -0.4 is 0 Å². The van der Waals surface area contributed by atoms with E-state index in [2.05, 4.69) is 33.2 Å². The van der Waals surface area contributed by atoms with Gasteiger partial charge in [0.1, 0.15) is 0 Å². The number of nitrogens with zero attached hydrogens (tertiary/aromatic N) is 2. The Morgan fingerprint density at radius 3 is 2.19 bits per heavy atom. The third-order valence-corrected chi connectivity index (χ3v) is 5.17. The molecule has 0 aromatic heterocycles. The smallest absolute Gasteiger partial charge is 0.254 e. The molecule has 1 saturated heterocycles.